The standard InChI is InChI=1S/C19H14N2O4S.C16H14N2O2S.C16H11NO2S.C15H11ClO2.C3H3BrO3/c22-17(23)16-10-26-18(20-16)21-19(24)25-9-15-13-7-3-1-5-11(13)12-6-2-4-8-14(12)15;17-15(21)18-16(19)20-9-14-12-7-3-1-5-10(12)11-6-2-4-8-13(11)14;18-16(17-10-20)19-9-15-13-7-3-1-5-11(13)12-6-2-4-8-14(12)15;16-15(17)18-9-14-12-7-3-1-5-10(12)11-6-2-4-8-13(11)14;4-1-2(5)3(6)7/h1-8,10,15H,9H2,(H,22,23)(H,20,21,24);1-8,14H,9H2,(H3,17,18,19,21);1-8,15H,9H2;1-8,14H,9H2;1H2,(H,6,7). The number of halogens is 2. The highest BCUT2D eigenvalue weighted by molar-refractivity contribution is 9.09. The van der Waals surface area contributed by atoms with Gasteiger partial charge in [-0.2, -0.15) is 0 Å². The molecule has 1 aromatic heterocycles. The Hall–Kier alpha value is -10.1. The van der Waals surface area contributed by atoms with Gasteiger partial charge in [-0.1, -0.05) is 210 Å². The maximum atomic E-state index is 12.1. The molecular formula is C69H53BrClN5O13S3. The van der Waals surface area contributed by atoms with Gasteiger partial charge in [-0.15, -0.1) is 16.3 Å². The number of carboxylic acid groups (broad SMARTS) is 2. The highest BCUT2D eigenvalue weighted by Gasteiger charge is 2.33. The third-order valence-corrected chi connectivity index (χ3v) is 16.6. The first-order valence-corrected chi connectivity index (χ1v) is 31.2. The number of aliphatic carboxylic acids is 1. The number of carboxylic acids is 2. The number of ether oxygens (including phenoxy) is 4. The molecule has 92 heavy (non-hydrogen) atoms. The highest BCUT2D eigenvalue weighted by atomic mass is 79.9. The first kappa shape index (κ1) is 66.4. The van der Waals surface area contributed by atoms with Crippen LogP contribution in [0.25, 0.3) is 44.5 Å². The Bertz CT molecular complexity index is 4150. The number of aromatic nitrogens is 1. The molecule has 0 saturated heterocycles. The number of nitrogens with two attached hydrogens (primary N) is 1. The van der Waals surface area contributed by atoms with Crippen LogP contribution in [0, 0.1) is 0 Å². The molecule has 23 heteroatoms. The van der Waals surface area contributed by atoms with E-state index < -0.39 is 41.4 Å². The summed E-state index contributed by atoms with van der Waals surface area (Å²) >= 11 is 18.0. The number of ketones is 1. The normalized spacial score (nSPS) is 12.1. The van der Waals surface area contributed by atoms with Crippen LogP contribution in [0.2, 0.25) is 0 Å². The minimum absolute atomic E-state index is 0.0287. The van der Waals surface area contributed by atoms with Gasteiger partial charge in [0.25, 0.3) is 0 Å². The second-order valence-corrected chi connectivity index (χ2v) is 22.6. The summed E-state index contributed by atoms with van der Waals surface area (Å²) in [4.78, 5) is 83.0. The zero-order valence-electron chi connectivity index (χ0n) is 48.2. The van der Waals surface area contributed by atoms with Crippen LogP contribution in [0.1, 0.15) is 78.7 Å². The Morgan fingerprint density at radius 1 is 0.522 bits per heavy atom. The van der Waals surface area contributed by atoms with Crippen LogP contribution in [0.3, 0.4) is 0 Å². The summed E-state index contributed by atoms with van der Waals surface area (Å²) in [6, 6.07) is 65.2. The molecule has 0 unspecified atom stereocenters. The number of hydrogen-bond donors (Lipinski definition) is 5. The van der Waals surface area contributed by atoms with E-state index in [9.17, 15) is 33.6 Å². The molecule has 0 radical (unpaired) electrons. The number of anilines is 1. The number of aliphatic imine (C=N–C) groups is 1. The van der Waals surface area contributed by atoms with E-state index in [1.54, 1.807) is 0 Å². The molecule has 6 N–H and O–H groups in total. The number of nitrogens with one attached hydrogen (secondary N) is 2. The molecule has 0 atom stereocenters. The summed E-state index contributed by atoms with van der Waals surface area (Å²) in [5.74, 6) is -3.21. The molecule has 4 aliphatic rings. The molecule has 18 nitrogen and oxygen atoms in total. The maximum absolute atomic E-state index is 12.1. The van der Waals surface area contributed by atoms with Gasteiger partial charge in [0.05, 0.1) is 10.5 Å². The molecule has 13 rings (SSSR count). The van der Waals surface area contributed by atoms with Crippen molar-refractivity contribution in [2.45, 2.75) is 23.7 Å². The molecule has 1 heterocycles. The fourth-order valence-corrected chi connectivity index (χ4v) is 12.3. The number of nitrogens with zero attached hydrogens (tertiary/aromatic N) is 2. The second kappa shape index (κ2) is 31.6. The van der Waals surface area contributed by atoms with E-state index in [4.69, 9.17) is 46.5 Å². The fraction of sp³-hybridized carbons (Fsp3) is 0.130. The van der Waals surface area contributed by atoms with Crippen LogP contribution < -0.4 is 16.4 Å². The largest absolute Gasteiger partial charge is 0.476 e. The van der Waals surface area contributed by atoms with Gasteiger partial charge in [0, 0.05) is 40.7 Å². The molecule has 4 aliphatic carbocycles. The summed E-state index contributed by atoms with van der Waals surface area (Å²) in [7, 11) is 0. The number of thiazole rings is 1. The number of amides is 3. The number of alkyl halides is 1. The average molecular weight is 1370 g/mol. The van der Waals surface area contributed by atoms with E-state index in [1.165, 1.54) is 72.1 Å². The van der Waals surface area contributed by atoms with Crippen molar-refractivity contribution in [3.05, 3.63) is 250 Å². The summed E-state index contributed by atoms with van der Waals surface area (Å²) in [6.45, 7) is 0.989. The number of hydrogen-bond acceptors (Lipinski definition) is 15. The Kier molecular flexibility index (Phi) is 22.8. The van der Waals surface area contributed by atoms with E-state index in [0.29, 0.717) is 0 Å². The number of aromatic carboxylic acids is 1. The number of carbonyl (C=O) groups is 7. The lowest BCUT2D eigenvalue weighted by molar-refractivity contribution is -0.147. The van der Waals surface area contributed by atoms with E-state index in [0.717, 1.165) is 33.6 Å². The summed E-state index contributed by atoms with van der Waals surface area (Å²) in [5, 5.41) is 24.8. The number of benzene rings is 8. The quantitative estimate of drug-likeness (QED) is 0.0190. The Balaban J connectivity index is 0.000000141. The smallest absolute Gasteiger partial charge is 0.442 e. The topological polar surface area (TPSA) is 272 Å². The van der Waals surface area contributed by atoms with Crippen molar-refractivity contribution in [3.63, 3.8) is 0 Å². The lowest BCUT2D eigenvalue weighted by atomic mass is 9.98. The minimum atomic E-state index is -1.39. The van der Waals surface area contributed by atoms with E-state index >= 15 is 0 Å². The van der Waals surface area contributed by atoms with Gasteiger partial charge in [-0.05, 0) is 113 Å². The molecule has 0 spiro atoms. The average Bonchev–Trinajstić information content (AvgIpc) is 1.67. The molecule has 0 fully saturated rings. The summed E-state index contributed by atoms with van der Waals surface area (Å²) < 4.78 is 20.7. The number of rotatable bonds is 12. The summed E-state index contributed by atoms with van der Waals surface area (Å²) in [6.07, 6.45) is -1.97. The third kappa shape index (κ3) is 16.1. The Morgan fingerprint density at radius 2 is 0.826 bits per heavy atom. The van der Waals surface area contributed by atoms with Gasteiger partial charge >= 0.3 is 35.6 Å². The molecule has 464 valence electrons. The molecule has 0 aliphatic heterocycles. The number of carbonyl (C=O) groups excluding carboxylic acids is 5. The Labute approximate surface area is 555 Å². The van der Waals surface area contributed by atoms with Crippen molar-refractivity contribution in [3.8, 4) is 44.5 Å². The number of fused-ring (bicyclic) bond motifs is 12. The van der Waals surface area contributed by atoms with Crippen LogP contribution in [0.4, 0.5) is 24.3 Å². The number of alkyl carbamates (subject to hydrolysis) is 1. The van der Waals surface area contributed by atoms with Crippen LogP contribution in [-0.4, -0.2) is 98.7 Å². The Morgan fingerprint density at radius 3 is 1.09 bits per heavy atom. The lowest BCUT2D eigenvalue weighted by Crippen LogP contribution is -2.35. The summed E-state index contributed by atoms with van der Waals surface area (Å²) in [5.41, 5.74) is 23.2. The molecule has 8 aromatic carbocycles. The third-order valence-electron chi connectivity index (χ3n) is 15.0. The zero-order valence-corrected chi connectivity index (χ0v) is 53.0. The van der Waals surface area contributed by atoms with Crippen molar-refractivity contribution < 1.29 is 62.7 Å². The predicted molar refractivity (Wildman–Crippen MR) is 360 cm³/mol. The zero-order chi connectivity index (χ0) is 65.3. The van der Waals surface area contributed by atoms with E-state index in [2.05, 4.69) is 146 Å². The van der Waals surface area contributed by atoms with Gasteiger partial charge in [0.2, 0.25) is 5.78 Å². The van der Waals surface area contributed by atoms with Crippen LogP contribution in [0.15, 0.2) is 204 Å². The number of Topliss-reactive ketones (excluding diaryl/α,β-unsaturated/α-hetero) is 1. The SMILES string of the molecule is NC(=S)NC(=O)OCC1c2ccccc2-c2ccccc21.O=C(Cl)OCC1c2ccccc2-c2ccccc21.O=C(N=C=S)OCC1c2ccccc2-c2ccccc21.O=C(Nc1nc(C(=O)O)cs1)OCC1c2ccccc2-c2ccccc21.O=C(O)C(=O)CBr. The highest BCUT2D eigenvalue weighted by Crippen LogP contribution is 2.48. The predicted octanol–water partition coefficient (Wildman–Crippen LogP) is 15.2. The van der Waals surface area contributed by atoms with Gasteiger partial charge in [0.15, 0.2) is 15.9 Å². The van der Waals surface area contributed by atoms with Crippen molar-refractivity contribution in [2.24, 2.45) is 10.7 Å². The van der Waals surface area contributed by atoms with Crippen LogP contribution >= 0.6 is 63.3 Å². The lowest BCUT2D eigenvalue weighted by Gasteiger charge is -2.14. The van der Waals surface area contributed by atoms with E-state index in [-0.39, 0.29) is 71.4 Å². The van der Waals surface area contributed by atoms with Crippen molar-refractivity contribution in [1.29, 1.82) is 0 Å². The number of thiocarbonyl (C=S) groups is 2. The van der Waals surface area contributed by atoms with Crippen molar-refractivity contribution >= 4 is 120 Å². The van der Waals surface area contributed by atoms with Gasteiger partial charge in [0.1, 0.15) is 26.4 Å². The molecule has 9 aromatic rings. The maximum Gasteiger partial charge on any atom is 0.442 e. The van der Waals surface area contributed by atoms with E-state index in [1.807, 2.05) is 114 Å². The first-order valence-electron chi connectivity index (χ1n) is 28.0. The number of isothiocyanates is 1. The minimum Gasteiger partial charge on any atom is -0.476 e. The molecule has 3 amide bonds. The van der Waals surface area contributed by atoms with Gasteiger partial charge < -0.3 is 34.9 Å². The molecule has 0 bridgehead atoms. The van der Waals surface area contributed by atoms with Gasteiger partial charge in [-0.25, -0.2) is 33.8 Å². The van der Waals surface area contributed by atoms with Crippen molar-refractivity contribution in [1.82, 2.24) is 10.3 Å². The van der Waals surface area contributed by atoms with Gasteiger partial charge in [-0.3, -0.25) is 15.4 Å². The van der Waals surface area contributed by atoms with Crippen molar-refractivity contribution in [2.75, 3.05) is 37.1 Å². The molecule has 0 saturated carbocycles. The molecular weight excluding hydrogens is 1320 g/mol. The second-order valence-electron chi connectivity index (χ2n) is 20.3. The monoisotopic (exact) mass is 1370 g/mol. The fourth-order valence-electron chi connectivity index (χ4n) is 11.2. The first-order chi connectivity index (χ1) is 44.6. The van der Waals surface area contributed by atoms with Crippen LogP contribution in [0.5, 0.6) is 0 Å². The van der Waals surface area contributed by atoms with Crippen LogP contribution in [-0.2, 0) is 28.5 Å².